The van der Waals surface area contributed by atoms with Crippen molar-refractivity contribution >= 4 is 5.69 Å². The average molecular weight is 224 g/mol. The molecule has 1 aromatic carbocycles. The van der Waals surface area contributed by atoms with Crippen molar-refractivity contribution in [3.05, 3.63) is 33.9 Å². The Bertz CT molecular complexity index is 377. The number of hydrogen-bond donors (Lipinski definition) is 1. The molecule has 0 amide bonds. The largest absolute Gasteiger partial charge is 0.496 e. The van der Waals surface area contributed by atoms with Crippen LogP contribution in [0.5, 0.6) is 5.75 Å². The number of nitro groups is 1. The van der Waals surface area contributed by atoms with Gasteiger partial charge in [0, 0.05) is 12.1 Å². The fourth-order valence-electron chi connectivity index (χ4n) is 1.41. The van der Waals surface area contributed by atoms with Crippen LogP contribution in [0.4, 0.5) is 5.69 Å². The molecule has 1 unspecified atom stereocenters. The summed E-state index contributed by atoms with van der Waals surface area (Å²) < 4.78 is 5.02. The number of aryl methyl sites for hydroxylation is 1. The first-order valence-electron chi connectivity index (χ1n) is 5.11. The Balaban J connectivity index is 2.90. The van der Waals surface area contributed by atoms with E-state index in [2.05, 4.69) is 0 Å². The zero-order valence-electron chi connectivity index (χ0n) is 9.47. The van der Waals surface area contributed by atoms with Crippen LogP contribution in [0.2, 0.25) is 0 Å². The van der Waals surface area contributed by atoms with Gasteiger partial charge in [0.1, 0.15) is 5.75 Å². The molecule has 1 rings (SSSR count). The Kier molecular flexibility index (Phi) is 4.25. The molecule has 0 fully saturated rings. The number of methoxy groups -OCH3 is 1. The lowest BCUT2D eigenvalue weighted by Gasteiger charge is -2.07. The number of nitro benzene ring substituents is 1. The van der Waals surface area contributed by atoms with Gasteiger partial charge in [0.05, 0.1) is 18.1 Å². The van der Waals surface area contributed by atoms with Crippen LogP contribution in [0.15, 0.2) is 18.2 Å². The third kappa shape index (κ3) is 3.51. The quantitative estimate of drug-likeness (QED) is 0.611. The summed E-state index contributed by atoms with van der Waals surface area (Å²) >= 11 is 0. The number of rotatable bonds is 5. The van der Waals surface area contributed by atoms with E-state index in [1.807, 2.05) is 6.92 Å². The second-order valence-corrected chi connectivity index (χ2v) is 3.81. The smallest absolute Gasteiger partial charge is 0.273 e. The van der Waals surface area contributed by atoms with Gasteiger partial charge in [-0.05, 0) is 31.4 Å². The van der Waals surface area contributed by atoms with Crippen molar-refractivity contribution < 1.29 is 9.66 Å². The van der Waals surface area contributed by atoms with Crippen LogP contribution < -0.4 is 10.5 Å². The van der Waals surface area contributed by atoms with E-state index in [4.69, 9.17) is 10.5 Å². The Morgan fingerprint density at radius 2 is 2.19 bits per heavy atom. The van der Waals surface area contributed by atoms with Gasteiger partial charge in [-0.1, -0.05) is 0 Å². The molecule has 16 heavy (non-hydrogen) atoms. The molecule has 1 atom stereocenters. The molecule has 0 saturated carbocycles. The zero-order chi connectivity index (χ0) is 12.1. The highest BCUT2D eigenvalue weighted by Crippen LogP contribution is 2.23. The number of benzene rings is 1. The highest BCUT2D eigenvalue weighted by molar-refractivity contribution is 5.42. The summed E-state index contributed by atoms with van der Waals surface area (Å²) in [6.07, 6.45) is 1.51. The van der Waals surface area contributed by atoms with E-state index in [0.29, 0.717) is 5.75 Å². The molecule has 0 bridgehead atoms. The molecule has 1 aromatic rings. The van der Waals surface area contributed by atoms with Gasteiger partial charge in [-0.2, -0.15) is 0 Å². The molecule has 88 valence electrons. The highest BCUT2D eigenvalue weighted by Gasteiger charge is 2.10. The number of nitrogens with two attached hydrogens (primary N) is 1. The van der Waals surface area contributed by atoms with Crippen LogP contribution in [0, 0.1) is 10.1 Å². The Hall–Kier alpha value is -1.62. The minimum Gasteiger partial charge on any atom is -0.496 e. The SMILES string of the molecule is COc1cc(CCC(C)N)cc([N+](=O)[O-])c1. The third-order valence-corrected chi connectivity index (χ3v) is 2.29. The summed E-state index contributed by atoms with van der Waals surface area (Å²) in [5.41, 5.74) is 6.58. The fourth-order valence-corrected chi connectivity index (χ4v) is 1.41. The summed E-state index contributed by atoms with van der Waals surface area (Å²) in [7, 11) is 1.49. The van der Waals surface area contributed by atoms with Crippen molar-refractivity contribution in [2.45, 2.75) is 25.8 Å². The molecule has 0 spiro atoms. The Morgan fingerprint density at radius 1 is 1.50 bits per heavy atom. The van der Waals surface area contributed by atoms with Crippen LogP contribution in [0.25, 0.3) is 0 Å². The molecule has 0 aliphatic rings. The molecule has 0 saturated heterocycles. The van der Waals surface area contributed by atoms with E-state index in [9.17, 15) is 10.1 Å². The fraction of sp³-hybridized carbons (Fsp3) is 0.455. The van der Waals surface area contributed by atoms with Gasteiger partial charge in [0.15, 0.2) is 0 Å². The minimum atomic E-state index is -0.419. The monoisotopic (exact) mass is 224 g/mol. The maximum Gasteiger partial charge on any atom is 0.273 e. The molecular weight excluding hydrogens is 208 g/mol. The first-order chi connectivity index (χ1) is 7.52. The molecule has 0 radical (unpaired) electrons. The zero-order valence-corrected chi connectivity index (χ0v) is 9.47. The van der Waals surface area contributed by atoms with Crippen molar-refractivity contribution in [1.82, 2.24) is 0 Å². The maximum absolute atomic E-state index is 10.7. The van der Waals surface area contributed by atoms with Crippen molar-refractivity contribution in [2.75, 3.05) is 7.11 Å². The number of non-ortho nitro benzene ring substituents is 1. The topological polar surface area (TPSA) is 78.4 Å². The van der Waals surface area contributed by atoms with Crippen molar-refractivity contribution in [3.63, 3.8) is 0 Å². The van der Waals surface area contributed by atoms with Crippen molar-refractivity contribution in [1.29, 1.82) is 0 Å². The molecule has 2 N–H and O–H groups in total. The summed E-state index contributed by atoms with van der Waals surface area (Å²) in [4.78, 5) is 10.3. The molecule has 0 aliphatic heterocycles. The van der Waals surface area contributed by atoms with Gasteiger partial charge >= 0.3 is 0 Å². The lowest BCUT2D eigenvalue weighted by Crippen LogP contribution is -2.15. The van der Waals surface area contributed by atoms with Gasteiger partial charge in [0.2, 0.25) is 0 Å². The first-order valence-corrected chi connectivity index (χ1v) is 5.11. The Morgan fingerprint density at radius 3 is 2.69 bits per heavy atom. The summed E-state index contributed by atoms with van der Waals surface area (Å²) in [5, 5.41) is 10.7. The molecule has 0 heterocycles. The van der Waals surface area contributed by atoms with Gasteiger partial charge in [-0.25, -0.2) is 0 Å². The molecule has 5 nitrogen and oxygen atoms in total. The van der Waals surface area contributed by atoms with Gasteiger partial charge in [0.25, 0.3) is 5.69 Å². The molecule has 0 aliphatic carbocycles. The second kappa shape index (κ2) is 5.46. The van der Waals surface area contributed by atoms with E-state index >= 15 is 0 Å². The van der Waals surface area contributed by atoms with E-state index in [1.165, 1.54) is 13.2 Å². The molecule has 0 aromatic heterocycles. The van der Waals surface area contributed by atoms with Crippen LogP contribution in [-0.2, 0) is 6.42 Å². The summed E-state index contributed by atoms with van der Waals surface area (Å²) in [6.45, 7) is 1.91. The molecule has 5 heteroatoms. The number of nitrogens with zero attached hydrogens (tertiary/aromatic N) is 1. The van der Waals surface area contributed by atoms with Crippen molar-refractivity contribution in [3.8, 4) is 5.75 Å². The lowest BCUT2D eigenvalue weighted by molar-refractivity contribution is -0.385. The van der Waals surface area contributed by atoms with E-state index in [-0.39, 0.29) is 11.7 Å². The minimum absolute atomic E-state index is 0.0547. The van der Waals surface area contributed by atoms with Crippen LogP contribution in [-0.4, -0.2) is 18.1 Å². The summed E-state index contributed by atoms with van der Waals surface area (Å²) in [6, 6.07) is 4.86. The van der Waals surface area contributed by atoms with Crippen LogP contribution in [0.1, 0.15) is 18.9 Å². The van der Waals surface area contributed by atoms with E-state index in [0.717, 1.165) is 18.4 Å². The van der Waals surface area contributed by atoms with Crippen molar-refractivity contribution in [2.24, 2.45) is 5.73 Å². The highest BCUT2D eigenvalue weighted by atomic mass is 16.6. The normalized spacial score (nSPS) is 12.2. The van der Waals surface area contributed by atoms with Gasteiger partial charge in [-0.3, -0.25) is 10.1 Å². The van der Waals surface area contributed by atoms with E-state index < -0.39 is 4.92 Å². The van der Waals surface area contributed by atoms with Gasteiger partial charge in [-0.15, -0.1) is 0 Å². The second-order valence-electron chi connectivity index (χ2n) is 3.81. The number of hydrogen-bond acceptors (Lipinski definition) is 4. The van der Waals surface area contributed by atoms with Gasteiger partial charge < -0.3 is 10.5 Å². The molecular formula is C11H16N2O3. The first kappa shape index (κ1) is 12.4. The predicted molar refractivity (Wildman–Crippen MR) is 61.6 cm³/mol. The lowest BCUT2D eigenvalue weighted by atomic mass is 10.1. The Labute approximate surface area is 94.4 Å². The maximum atomic E-state index is 10.7. The summed E-state index contributed by atoms with van der Waals surface area (Å²) in [5.74, 6) is 0.508. The average Bonchev–Trinajstić information content (AvgIpc) is 2.25. The van der Waals surface area contributed by atoms with Crippen LogP contribution in [0.3, 0.4) is 0 Å². The van der Waals surface area contributed by atoms with Crippen LogP contribution >= 0.6 is 0 Å². The predicted octanol–water partition coefficient (Wildman–Crippen LogP) is 1.88. The van der Waals surface area contributed by atoms with E-state index in [1.54, 1.807) is 12.1 Å². The standard InChI is InChI=1S/C11H16N2O3/c1-8(12)3-4-9-5-10(13(14)15)7-11(6-9)16-2/h5-8H,3-4,12H2,1-2H3. The number of ether oxygens (including phenoxy) is 1. The third-order valence-electron chi connectivity index (χ3n) is 2.29.